The highest BCUT2D eigenvalue weighted by Gasteiger charge is 2.36. The first-order valence-electron chi connectivity index (χ1n) is 9.53. The Kier molecular flexibility index (Phi) is 6.03. The van der Waals surface area contributed by atoms with Gasteiger partial charge in [0.15, 0.2) is 11.4 Å². The van der Waals surface area contributed by atoms with Crippen LogP contribution in [0.2, 0.25) is 0 Å². The van der Waals surface area contributed by atoms with E-state index < -0.39 is 28.7 Å². The van der Waals surface area contributed by atoms with Crippen LogP contribution in [-0.4, -0.2) is 33.0 Å². The van der Waals surface area contributed by atoms with Gasteiger partial charge in [-0.05, 0) is 18.2 Å². The van der Waals surface area contributed by atoms with E-state index in [2.05, 4.69) is 0 Å². The molecule has 0 aliphatic carbocycles. The van der Waals surface area contributed by atoms with Crippen molar-refractivity contribution >= 4 is 11.8 Å². The van der Waals surface area contributed by atoms with Gasteiger partial charge in [-0.25, -0.2) is 13.7 Å². The molecule has 8 heteroatoms. The fraction of sp³-hybridized carbons (Fsp3) is 0.174. The van der Waals surface area contributed by atoms with Gasteiger partial charge in [-0.1, -0.05) is 42.5 Å². The molecule has 1 unspecified atom stereocenters. The number of rotatable bonds is 6. The van der Waals surface area contributed by atoms with E-state index in [0.29, 0.717) is 5.56 Å². The molecule has 3 rings (SSSR count). The first kappa shape index (κ1) is 21.9. The van der Waals surface area contributed by atoms with E-state index in [0.717, 1.165) is 16.2 Å². The zero-order chi connectivity index (χ0) is 22.8. The first-order chi connectivity index (χ1) is 14.6. The SMILES string of the molecule is Cn1c(C(=O)[N+](C)(Cc2ccccc2)Cc2ccc(F)cc2)cc(C(N)=O)c(O)c1=O. The summed E-state index contributed by atoms with van der Waals surface area (Å²) in [6.07, 6.45) is 0. The number of carbonyl (C=O) groups is 2. The topological polar surface area (TPSA) is 102 Å². The van der Waals surface area contributed by atoms with Crippen LogP contribution in [0.5, 0.6) is 5.75 Å². The summed E-state index contributed by atoms with van der Waals surface area (Å²) >= 11 is 0. The lowest BCUT2D eigenvalue weighted by Crippen LogP contribution is -2.49. The monoisotopic (exact) mass is 424 g/mol. The summed E-state index contributed by atoms with van der Waals surface area (Å²) in [6.45, 7) is 0.479. The molecular weight excluding hydrogens is 401 g/mol. The molecule has 0 bridgehead atoms. The van der Waals surface area contributed by atoms with Crippen LogP contribution >= 0.6 is 0 Å². The van der Waals surface area contributed by atoms with Crippen molar-refractivity contribution in [3.8, 4) is 5.75 Å². The van der Waals surface area contributed by atoms with Gasteiger partial charge < -0.3 is 15.4 Å². The summed E-state index contributed by atoms with van der Waals surface area (Å²) < 4.78 is 14.2. The lowest BCUT2D eigenvalue weighted by atomic mass is 10.1. The van der Waals surface area contributed by atoms with E-state index >= 15 is 0 Å². The van der Waals surface area contributed by atoms with Gasteiger partial charge in [0.2, 0.25) is 0 Å². The molecule has 0 saturated carbocycles. The minimum absolute atomic E-state index is 0.0721. The van der Waals surface area contributed by atoms with E-state index in [1.54, 1.807) is 19.2 Å². The molecular formula is C23H23FN3O4+. The number of nitrogens with two attached hydrogens (primary N) is 1. The number of amides is 2. The van der Waals surface area contributed by atoms with Gasteiger partial charge >= 0.3 is 5.91 Å². The fourth-order valence-corrected chi connectivity index (χ4v) is 3.53. The van der Waals surface area contributed by atoms with Crippen LogP contribution in [0.3, 0.4) is 0 Å². The van der Waals surface area contributed by atoms with Crippen LogP contribution in [0.25, 0.3) is 0 Å². The van der Waals surface area contributed by atoms with Crippen LogP contribution < -0.4 is 11.3 Å². The minimum atomic E-state index is -1.01. The summed E-state index contributed by atoms with van der Waals surface area (Å²) in [5.41, 5.74) is 5.48. The zero-order valence-corrected chi connectivity index (χ0v) is 17.2. The fourth-order valence-electron chi connectivity index (χ4n) is 3.53. The average Bonchev–Trinajstić information content (AvgIpc) is 2.74. The van der Waals surface area contributed by atoms with Crippen molar-refractivity contribution < 1.29 is 23.6 Å². The summed E-state index contributed by atoms with van der Waals surface area (Å²) in [4.78, 5) is 37.8. The maximum Gasteiger partial charge on any atom is 0.362 e. The van der Waals surface area contributed by atoms with Gasteiger partial charge in [0.25, 0.3) is 11.5 Å². The van der Waals surface area contributed by atoms with Crippen molar-refractivity contribution in [1.29, 1.82) is 0 Å². The molecule has 0 saturated heterocycles. The molecule has 2 amide bonds. The number of hydrogen-bond acceptors (Lipinski definition) is 4. The van der Waals surface area contributed by atoms with Crippen molar-refractivity contribution in [2.45, 2.75) is 13.1 Å². The zero-order valence-electron chi connectivity index (χ0n) is 17.2. The summed E-state index contributed by atoms with van der Waals surface area (Å²) in [7, 11) is 3.03. The molecule has 1 atom stereocenters. The molecule has 0 aliphatic rings. The third kappa shape index (κ3) is 4.54. The number of pyridine rings is 1. The Labute approximate surface area is 178 Å². The van der Waals surface area contributed by atoms with Gasteiger partial charge in [0, 0.05) is 18.2 Å². The second-order valence-corrected chi connectivity index (χ2v) is 7.65. The van der Waals surface area contributed by atoms with E-state index in [1.807, 2.05) is 30.3 Å². The predicted octanol–water partition coefficient (Wildman–Crippen LogP) is 2.32. The number of hydrogen-bond donors (Lipinski definition) is 2. The number of aromatic nitrogens is 1. The van der Waals surface area contributed by atoms with Crippen molar-refractivity contribution in [3.05, 3.63) is 99.2 Å². The van der Waals surface area contributed by atoms with Gasteiger partial charge in [0.05, 0.1) is 12.6 Å². The lowest BCUT2D eigenvalue weighted by Gasteiger charge is -2.32. The molecule has 7 nitrogen and oxygen atoms in total. The Morgan fingerprint density at radius 3 is 2.13 bits per heavy atom. The molecule has 1 aromatic heterocycles. The Morgan fingerprint density at radius 2 is 1.58 bits per heavy atom. The second kappa shape index (κ2) is 8.53. The molecule has 3 aromatic rings. The maximum absolute atomic E-state index is 13.7. The molecule has 31 heavy (non-hydrogen) atoms. The number of quaternary nitrogens is 1. The molecule has 3 N–H and O–H groups in total. The van der Waals surface area contributed by atoms with Crippen LogP contribution in [0, 0.1) is 5.82 Å². The number of primary amides is 1. The summed E-state index contributed by atoms with van der Waals surface area (Å²) in [6, 6.07) is 16.3. The maximum atomic E-state index is 13.7. The molecule has 2 aromatic carbocycles. The first-order valence-corrected chi connectivity index (χ1v) is 9.53. The molecule has 160 valence electrons. The smallest absolute Gasteiger partial charge is 0.362 e. The predicted molar refractivity (Wildman–Crippen MR) is 113 cm³/mol. The van der Waals surface area contributed by atoms with Crippen molar-refractivity contribution in [3.63, 3.8) is 0 Å². The normalized spacial score (nSPS) is 12.9. The van der Waals surface area contributed by atoms with Gasteiger partial charge in [0.1, 0.15) is 18.9 Å². The molecule has 0 radical (unpaired) electrons. The van der Waals surface area contributed by atoms with Gasteiger partial charge in [-0.3, -0.25) is 9.59 Å². The number of carbonyl (C=O) groups excluding carboxylic acids is 2. The summed E-state index contributed by atoms with van der Waals surface area (Å²) in [5, 5.41) is 9.97. The molecule has 0 fully saturated rings. The van der Waals surface area contributed by atoms with E-state index in [9.17, 15) is 23.9 Å². The van der Waals surface area contributed by atoms with E-state index in [-0.39, 0.29) is 29.1 Å². The third-order valence-electron chi connectivity index (χ3n) is 5.20. The Morgan fingerprint density at radius 1 is 1.03 bits per heavy atom. The minimum Gasteiger partial charge on any atom is -0.502 e. The van der Waals surface area contributed by atoms with Gasteiger partial charge in [-0.2, -0.15) is 0 Å². The van der Waals surface area contributed by atoms with Gasteiger partial charge in [-0.15, -0.1) is 0 Å². The van der Waals surface area contributed by atoms with E-state index in [4.69, 9.17) is 5.73 Å². The van der Waals surface area contributed by atoms with Crippen molar-refractivity contribution in [1.82, 2.24) is 4.57 Å². The standard InChI is InChI=1S/C23H22FN3O4/c1-26-19(12-18(21(25)29)20(28)22(26)30)23(31)27(2,13-15-6-4-3-5-7-15)14-16-8-10-17(24)11-9-16/h3-12H,13-14H2,1-2H3,(H2-,25,28,29,31)/p+1. The van der Waals surface area contributed by atoms with E-state index in [1.165, 1.54) is 19.2 Å². The number of halogens is 1. The van der Waals surface area contributed by atoms with Crippen molar-refractivity contribution in [2.24, 2.45) is 12.8 Å². The highest BCUT2D eigenvalue weighted by atomic mass is 19.1. The molecule has 0 spiro atoms. The number of benzene rings is 2. The summed E-state index contributed by atoms with van der Waals surface area (Å²) in [5.74, 6) is -2.67. The van der Waals surface area contributed by atoms with Crippen LogP contribution in [0.15, 0.2) is 65.5 Å². The number of nitrogens with zero attached hydrogens (tertiary/aromatic N) is 2. The van der Waals surface area contributed by atoms with Crippen molar-refractivity contribution in [2.75, 3.05) is 7.05 Å². The Hall–Kier alpha value is -3.78. The second-order valence-electron chi connectivity index (χ2n) is 7.65. The molecule has 0 aliphatic heterocycles. The Bertz CT molecular complexity index is 1190. The van der Waals surface area contributed by atoms with Crippen LogP contribution in [0.4, 0.5) is 4.39 Å². The lowest BCUT2D eigenvalue weighted by molar-refractivity contribution is -0.856. The highest BCUT2D eigenvalue weighted by molar-refractivity contribution is 5.98. The Balaban J connectivity index is 2.12. The third-order valence-corrected chi connectivity index (χ3v) is 5.20. The average molecular weight is 424 g/mol. The quantitative estimate of drug-likeness (QED) is 0.593. The highest BCUT2D eigenvalue weighted by Crippen LogP contribution is 2.23. The van der Waals surface area contributed by atoms with Crippen LogP contribution in [-0.2, 0) is 20.1 Å². The van der Waals surface area contributed by atoms with Crippen LogP contribution in [0.1, 0.15) is 32.0 Å². The largest absolute Gasteiger partial charge is 0.502 e. The number of aromatic hydroxyl groups is 1. The molecule has 1 heterocycles.